The standard InChI is InChI=1S/C23H25F3N2O3/c1-2-31-18-10-8-17(9-11-18)16-21(29)27-12-5-13-28(15-14-27)22(30)19-6-3-4-7-20(19)23(24,25)26/h3-4,6-11H,2,5,12-16H2,1H3. The van der Waals surface area contributed by atoms with E-state index in [0.29, 0.717) is 26.1 Å². The van der Waals surface area contributed by atoms with Crippen molar-refractivity contribution >= 4 is 11.8 Å². The van der Waals surface area contributed by atoms with Crippen LogP contribution in [0.5, 0.6) is 5.75 Å². The summed E-state index contributed by atoms with van der Waals surface area (Å²) in [4.78, 5) is 28.6. The largest absolute Gasteiger partial charge is 0.494 e. The van der Waals surface area contributed by atoms with Gasteiger partial charge in [0.15, 0.2) is 0 Å². The molecule has 5 nitrogen and oxygen atoms in total. The Morgan fingerprint density at radius 2 is 1.58 bits per heavy atom. The van der Waals surface area contributed by atoms with Gasteiger partial charge < -0.3 is 14.5 Å². The molecule has 31 heavy (non-hydrogen) atoms. The van der Waals surface area contributed by atoms with Crippen molar-refractivity contribution < 1.29 is 27.5 Å². The molecule has 0 aliphatic carbocycles. The minimum Gasteiger partial charge on any atom is -0.494 e. The molecule has 3 rings (SSSR count). The van der Waals surface area contributed by atoms with Gasteiger partial charge in [-0.25, -0.2) is 0 Å². The van der Waals surface area contributed by atoms with E-state index in [1.807, 2.05) is 31.2 Å². The van der Waals surface area contributed by atoms with E-state index in [-0.39, 0.29) is 31.0 Å². The summed E-state index contributed by atoms with van der Waals surface area (Å²) in [6.07, 6.45) is -3.87. The van der Waals surface area contributed by atoms with Crippen LogP contribution in [0.1, 0.15) is 34.8 Å². The second kappa shape index (κ2) is 9.85. The van der Waals surface area contributed by atoms with Crippen LogP contribution in [0.15, 0.2) is 48.5 Å². The Hall–Kier alpha value is -3.03. The number of carbonyl (C=O) groups excluding carboxylic acids is 2. The predicted octanol–water partition coefficient (Wildman–Crippen LogP) is 4.02. The summed E-state index contributed by atoms with van der Waals surface area (Å²) >= 11 is 0. The average Bonchev–Trinajstić information content (AvgIpc) is 3.01. The van der Waals surface area contributed by atoms with Gasteiger partial charge >= 0.3 is 6.18 Å². The minimum atomic E-state index is -4.60. The molecule has 0 N–H and O–H groups in total. The molecule has 2 aromatic rings. The highest BCUT2D eigenvalue weighted by Gasteiger charge is 2.36. The third kappa shape index (κ3) is 5.77. The van der Waals surface area contributed by atoms with Crippen LogP contribution in [0.25, 0.3) is 0 Å². The lowest BCUT2D eigenvalue weighted by Crippen LogP contribution is -2.38. The fourth-order valence-electron chi connectivity index (χ4n) is 3.61. The predicted molar refractivity (Wildman–Crippen MR) is 110 cm³/mol. The van der Waals surface area contributed by atoms with Crippen LogP contribution in [0.2, 0.25) is 0 Å². The molecule has 1 aliphatic heterocycles. The van der Waals surface area contributed by atoms with Gasteiger partial charge in [0.05, 0.1) is 24.2 Å². The Morgan fingerprint density at radius 1 is 0.935 bits per heavy atom. The van der Waals surface area contributed by atoms with Crippen LogP contribution in [0.3, 0.4) is 0 Å². The number of alkyl halides is 3. The lowest BCUT2D eigenvalue weighted by atomic mass is 10.1. The molecule has 2 amide bonds. The Kier molecular flexibility index (Phi) is 7.20. The topological polar surface area (TPSA) is 49.9 Å². The molecule has 2 aromatic carbocycles. The Bertz CT molecular complexity index is 913. The second-order valence-corrected chi connectivity index (χ2v) is 7.32. The molecular formula is C23H25F3N2O3. The third-order valence-electron chi connectivity index (χ3n) is 5.19. The lowest BCUT2D eigenvalue weighted by molar-refractivity contribution is -0.138. The van der Waals surface area contributed by atoms with E-state index in [1.54, 1.807) is 4.90 Å². The smallest absolute Gasteiger partial charge is 0.417 e. The number of carbonyl (C=O) groups is 2. The lowest BCUT2D eigenvalue weighted by Gasteiger charge is -2.23. The van der Waals surface area contributed by atoms with Crippen molar-refractivity contribution in [3.05, 3.63) is 65.2 Å². The Labute approximate surface area is 179 Å². The number of rotatable bonds is 5. The minimum absolute atomic E-state index is 0.0749. The van der Waals surface area contributed by atoms with E-state index >= 15 is 0 Å². The summed E-state index contributed by atoms with van der Waals surface area (Å²) < 4.78 is 45.2. The van der Waals surface area contributed by atoms with Crippen molar-refractivity contribution in [2.75, 3.05) is 32.8 Å². The van der Waals surface area contributed by atoms with E-state index in [0.717, 1.165) is 17.4 Å². The van der Waals surface area contributed by atoms with Gasteiger partial charge in [0.2, 0.25) is 5.91 Å². The molecule has 0 saturated carbocycles. The SMILES string of the molecule is CCOc1ccc(CC(=O)N2CCCN(C(=O)c3ccccc3C(F)(F)F)CC2)cc1. The van der Waals surface area contributed by atoms with Gasteiger partial charge in [-0.2, -0.15) is 13.2 Å². The van der Waals surface area contributed by atoms with E-state index in [9.17, 15) is 22.8 Å². The highest BCUT2D eigenvalue weighted by molar-refractivity contribution is 5.96. The highest BCUT2D eigenvalue weighted by Crippen LogP contribution is 2.32. The van der Waals surface area contributed by atoms with E-state index < -0.39 is 17.6 Å². The van der Waals surface area contributed by atoms with Gasteiger partial charge in [0.25, 0.3) is 5.91 Å². The first kappa shape index (κ1) is 22.7. The quantitative estimate of drug-likeness (QED) is 0.714. The van der Waals surface area contributed by atoms with E-state index in [4.69, 9.17) is 4.74 Å². The number of nitrogens with zero attached hydrogens (tertiary/aromatic N) is 2. The summed E-state index contributed by atoms with van der Waals surface area (Å²) in [7, 11) is 0. The van der Waals surface area contributed by atoms with Crippen molar-refractivity contribution in [2.24, 2.45) is 0 Å². The first-order valence-electron chi connectivity index (χ1n) is 10.2. The summed E-state index contributed by atoms with van der Waals surface area (Å²) in [5.41, 5.74) is -0.443. The number of hydrogen-bond acceptors (Lipinski definition) is 3. The fraction of sp³-hybridized carbons (Fsp3) is 0.391. The van der Waals surface area contributed by atoms with Crippen LogP contribution in [-0.4, -0.2) is 54.4 Å². The first-order valence-corrected chi connectivity index (χ1v) is 10.2. The first-order chi connectivity index (χ1) is 14.8. The molecule has 0 aromatic heterocycles. The summed E-state index contributed by atoms with van der Waals surface area (Å²) in [6.45, 7) is 3.70. The van der Waals surface area contributed by atoms with Crippen LogP contribution >= 0.6 is 0 Å². The molecule has 1 aliphatic rings. The Morgan fingerprint density at radius 3 is 2.26 bits per heavy atom. The van der Waals surface area contributed by atoms with Crippen LogP contribution in [-0.2, 0) is 17.4 Å². The van der Waals surface area contributed by atoms with Gasteiger partial charge in [-0.05, 0) is 43.2 Å². The highest BCUT2D eigenvalue weighted by atomic mass is 19.4. The molecule has 0 radical (unpaired) electrons. The molecule has 0 bridgehead atoms. The van der Waals surface area contributed by atoms with Gasteiger partial charge in [-0.3, -0.25) is 9.59 Å². The van der Waals surface area contributed by atoms with Crippen molar-refractivity contribution in [2.45, 2.75) is 25.9 Å². The monoisotopic (exact) mass is 434 g/mol. The fourth-order valence-corrected chi connectivity index (χ4v) is 3.61. The molecule has 166 valence electrons. The van der Waals surface area contributed by atoms with Crippen molar-refractivity contribution in [3.63, 3.8) is 0 Å². The van der Waals surface area contributed by atoms with Crippen LogP contribution < -0.4 is 4.74 Å². The number of ether oxygens (including phenoxy) is 1. The van der Waals surface area contributed by atoms with E-state index in [1.165, 1.54) is 23.1 Å². The summed E-state index contributed by atoms with van der Waals surface area (Å²) in [6, 6.07) is 12.1. The third-order valence-corrected chi connectivity index (χ3v) is 5.19. The second-order valence-electron chi connectivity index (χ2n) is 7.32. The maximum Gasteiger partial charge on any atom is 0.417 e. The maximum atomic E-state index is 13.3. The Balaban J connectivity index is 1.62. The molecule has 0 spiro atoms. The van der Waals surface area contributed by atoms with Crippen molar-refractivity contribution in [3.8, 4) is 5.75 Å². The number of benzene rings is 2. The number of halogens is 3. The number of amides is 2. The summed E-state index contributed by atoms with van der Waals surface area (Å²) in [5.74, 6) is 0.00431. The van der Waals surface area contributed by atoms with Crippen molar-refractivity contribution in [1.29, 1.82) is 0 Å². The molecule has 1 saturated heterocycles. The van der Waals surface area contributed by atoms with Crippen LogP contribution in [0.4, 0.5) is 13.2 Å². The maximum absolute atomic E-state index is 13.3. The normalized spacial score (nSPS) is 14.8. The molecule has 0 unspecified atom stereocenters. The average molecular weight is 434 g/mol. The zero-order valence-electron chi connectivity index (χ0n) is 17.3. The van der Waals surface area contributed by atoms with E-state index in [2.05, 4.69) is 0 Å². The van der Waals surface area contributed by atoms with Gasteiger partial charge in [0.1, 0.15) is 5.75 Å². The molecule has 1 fully saturated rings. The molecule has 0 atom stereocenters. The van der Waals surface area contributed by atoms with Crippen LogP contribution in [0, 0.1) is 0 Å². The summed E-state index contributed by atoms with van der Waals surface area (Å²) in [5, 5.41) is 0. The number of hydrogen-bond donors (Lipinski definition) is 0. The molecule has 1 heterocycles. The zero-order valence-corrected chi connectivity index (χ0v) is 17.3. The van der Waals surface area contributed by atoms with Gasteiger partial charge in [-0.1, -0.05) is 24.3 Å². The molecule has 8 heteroatoms. The van der Waals surface area contributed by atoms with Gasteiger partial charge in [-0.15, -0.1) is 0 Å². The van der Waals surface area contributed by atoms with Crippen molar-refractivity contribution in [1.82, 2.24) is 9.80 Å². The zero-order chi connectivity index (χ0) is 22.4. The van der Waals surface area contributed by atoms with Gasteiger partial charge in [0, 0.05) is 26.2 Å². The molecular weight excluding hydrogens is 409 g/mol.